The number of aliphatic hydroxyl groups excluding tert-OH is 2. The molecule has 0 aromatic heterocycles. The Balaban J connectivity index is 2.35. The van der Waals surface area contributed by atoms with Crippen molar-refractivity contribution in [1.29, 1.82) is 0 Å². The fourth-order valence-corrected chi connectivity index (χ4v) is 4.90. The van der Waals surface area contributed by atoms with E-state index in [-0.39, 0.29) is 35.7 Å². The number of hydrogen-bond donors (Lipinski definition) is 2. The summed E-state index contributed by atoms with van der Waals surface area (Å²) in [4.78, 5) is 27.8. The predicted molar refractivity (Wildman–Crippen MR) is 124 cm³/mol. The predicted octanol–water partition coefficient (Wildman–Crippen LogP) is 2.16. The number of nitrogens with zero attached hydrogens (tertiary/aromatic N) is 1. The molecule has 33 heavy (non-hydrogen) atoms. The van der Waals surface area contributed by atoms with Crippen molar-refractivity contribution in [3.8, 4) is 0 Å². The van der Waals surface area contributed by atoms with Gasteiger partial charge in [-0.05, 0) is 59.7 Å². The molecule has 8 heteroatoms. The van der Waals surface area contributed by atoms with Gasteiger partial charge in [0.25, 0.3) is 0 Å². The number of rotatable bonds is 4. The minimum absolute atomic E-state index is 0.0217. The van der Waals surface area contributed by atoms with E-state index in [1.807, 2.05) is 39.8 Å². The highest BCUT2D eigenvalue weighted by atomic mass is 16.7. The van der Waals surface area contributed by atoms with Gasteiger partial charge in [0, 0.05) is 17.9 Å². The van der Waals surface area contributed by atoms with Crippen LogP contribution in [0.5, 0.6) is 0 Å². The van der Waals surface area contributed by atoms with Gasteiger partial charge < -0.3 is 29.3 Å². The summed E-state index contributed by atoms with van der Waals surface area (Å²) in [7, 11) is 3.81. The fraction of sp³-hybridized carbons (Fsp3) is 0.840. The van der Waals surface area contributed by atoms with E-state index in [0.29, 0.717) is 12.8 Å². The van der Waals surface area contributed by atoms with Crippen molar-refractivity contribution in [3.05, 3.63) is 12.2 Å². The Morgan fingerprint density at radius 2 is 1.76 bits per heavy atom. The Hall–Kier alpha value is -1.32. The minimum Gasteiger partial charge on any atom is -0.459 e. The van der Waals surface area contributed by atoms with Gasteiger partial charge in [-0.25, -0.2) is 0 Å². The monoisotopic (exact) mass is 469 g/mol. The molecule has 2 rings (SSSR count). The first-order chi connectivity index (χ1) is 15.3. The van der Waals surface area contributed by atoms with Crippen LogP contribution in [0.2, 0.25) is 0 Å². The van der Waals surface area contributed by atoms with Gasteiger partial charge in [0.2, 0.25) is 0 Å². The van der Waals surface area contributed by atoms with E-state index >= 15 is 0 Å². The van der Waals surface area contributed by atoms with Crippen LogP contribution in [0.1, 0.15) is 54.4 Å². The molecule has 0 bridgehead atoms. The molecule has 11 atom stereocenters. The van der Waals surface area contributed by atoms with Crippen molar-refractivity contribution in [3.63, 3.8) is 0 Å². The molecule has 0 aromatic carbocycles. The van der Waals surface area contributed by atoms with Crippen molar-refractivity contribution in [1.82, 2.24) is 4.90 Å². The SMILES string of the molecule is C[C@@H]1C[C@H](N(C)C)[C@@H](O)[C@H](O[C@H]2[C@@H](C)C[C@@H](C)C(=O)/C=C/[C@@H](C)[C@@H]([C@@H](C)O)OC(=O)[C@@H]2C)O1. The van der Waals surface area contributed by atoms with E-state index in [0.717, 1.165) is 0 Å². The first kappa shape index (κ1) is 27.9. The number of allylic oxidation sites excluding steroid dienone is 1. The third kappa shape index (κ3) is 7.09. The van der Waals surface area contributed by atoms with Gasteiger partial charge in [-0.1, -0.05) is 26.8 Å². The maximum absolute atomic E-state index is 13.1. The zero-order chi connectivity index (χ0) is 25.0. The van der Waals surface area contributed by atoms with Crippen LogP contribution in [-0.4, -0.2) is 83.8 Å². The normalized spacial score (nSPS) is 43.4. The van der Waals surface area contributed by atoms with Gasteiger partial charge in [-0.3, -0.25) is 9.59 Å². The number of carbonyl (C=O) groups is 2. The second kappa shape index (κ2) is 11.9. The Kier molecular flexibility index (Phi) is 10.1. The second-order valence-corrected chi connectivity index (χ2v) is 10.3. The summed E-state index contributed by atoms with van der Waals surface area (Å²) in [6.45, 7) is 10.8. The van der Waals surface area contributed by atoms with Gasteiger partial charge >= 0.3 is 5.97 Å². The van der Waals surface area contributed by atoms with Crippen LogP contribution < -0.4 is 0 Å². The lowest BCUT2D eigenvalue weighted by atomic mass is 9.84. The average Bonchev–Trinajstić information content (AvgIpc) is 2.73. The summed E-state index contributed by atoms with van der Waals surface area (Å²) >= 11 is 0. The molecule has 0 unspecified atom stereocenters. The first-order valence-electron chi connectivity index (χ1n) is 12.1. The Labute approximate surface area is 198 Å². The smallest absolute Gasteiger partial charge is 0.311 e. The lowest BCUT2D eigenvalue weighted by Crippen LogP contribution is -2.56. The zero-order valence-corrected chi connectivity index (χ0v) is 21.3. The highest BCUT2D eigenvalue weighted by Crippen LogP contribution is 2.32. The largest absolute Gasteiger partial charge is 0.459 e. The molecule has 1 fully saturated rings. The first-order valence-corrected chi connectivity index (χ1v) is 12.1. The molecular weight excluding hydrogens is 426 g/mol. The zero-order valence-electron chi connectivity index (χ0n) is 21.3. The number of esters is 1. The molecule has 2 aliphatic heterocycles. The van der Waals surface area contributed by atoms with E-state index in [1.165, 1.54) is 6.08 Å². The van der Waals surface area contributed by atoms with Crippen molar-refractivity contribution < 1.29 is 34.0 Å². The Bertz CT molecular complexity index is 694. The number of cyclic esters (lactones) is 1. The average molecular weight is 470 g/mol. The van der Waals surface area contributed by atoms with E-state index in [2.05, 4.69) is 0 Å². The molecular formula is C25H43NO7. The van der Waals surface area contributed by atoms with Crippen LogP contribution >= 0.6 is 0 Å². The van der Waals surface area contributed by atoms with Crippen molar-refractivity contribution in [2.75, 3.05) is 14.1 Å². The van der Waals surface area contributed by atoms with E-state index in [4.69, 9.17) is 14.2 Å². The summed E-state index contributed by atoms with van der Waals surface area (Å²) in [6, 6.07) is -0.145. The highest BCUT2D eigenvalue weighted by molar-refractivity contribution is 5.91. The molecule has 8 nitrogen and oxygen atoms in total. The molecule has 0 amide bonds. The van der Waals surface area contributed by atoms with Crippen LogP contribution in [0.3, 0.4) is 0 Å². The molecule has 0 aliphatic carbocycles. The minimum atomic E-state index is -0.908. The Morgan fingerprint density at radius 3 is 2.33 bits per heavy atom. The van der Waals surface area contributed by atoms with E-state index in [1.54, 1.807) is 26.8 Å². The maximum atomic E-state index is 13.1. The van der Waals surface area contributed by atoms with E-state index < -0.39 is 42.6 Å². The van der Waals surface area contributed by atoms with Gasteiger partial charge in [0.15, 0.2) is 12.1 Å². The van der Waals surface area contributed by atoms with Crippen LogP contribution in [-0.2, 0) is 23.8 Å². The number of hydrogen-bond acceptors (Lipinski definition) is 8. The van der Waals surface area contributed by atoms with Crippen molar-refractivity contribution in [2.24, 2.45) is 23.7 Å². The summed E-state index contributed by atoms with van der Waals surface area (Å²) in [5.41, 5.74) is 0. The van der Waals surface area contributed by atoms with Gasteiger partial charge in [-0.15, -0.1) is 0 Å². The third-order valence-corrected chi connectivity index (χ3v) is 7.01. The molecule has 0 saturated carbocycles. The topological polar surface area (TPSA) is 106 Å². The van der Waals surface area contributed by atoms with Gasteiger partial charge in [-0.2, -0.15) is 0 Å². The van der Waals surface area contributed by atoms with Crippen LogP contribution in [0.25, 0.3) is 0 Å². The fourth-order valence-electron chi connectivity index (χ4n) is 4.90. The number of carbonyl (C=O) groups excluding carboxylic acids is 2. The Morgan fingerprint density at radius 1 is 1.12 bits per heavy atom. The quantitative estimate of drug-likeness (QED) is 0.604. The van der Waals surface area contributed by atoms with Crippen LogP contribution in [0.15, 0.2) is 12.2 Å². The highest BCUT2D eigenvalue weighted by Gasteiger charge is 2.43. The molecule has 0 spiro atoms. The number of ether oxygens (including phenoxy) is 3. The lowest BCUT2D eigenvalue weighted by Gasteiger charge is -2.43. The van der Waals surface area contributed by atoms with Crippen molar-refractivity contribution >= 4 is 11.8 Å². The van der Waals surface area contributed by atoms with Gasteiger partial charge in [0.05, 0.1) is 24.2 Å². The number of aliphatic hydroxyl groups is 2. The summed E-state index contributed by atoms with van der Waals surface area (Å²) < 4.78 is 18.0. The van der Waals surface area contributed by atoms with Crippen LogP contribution in [0, 0.1) is 23.7 Å². The molecule has 0 radical (unpaired) electrons. The molecule has 190 valence electrons. The molecule has 0 aromatic rings. The molecule has 1 saturated heterocycles. The standard InChI is InChI=1S/C25H43NO7/c1-13-9-10-20(28)14(2)11-15(3)22(17(5)24(30)32-23(13)18(6)27)33-25-21(29)19(26(7)8)12-16(4)31-25/h9-10,13-19,21-23,25,27,29H,11-12H2,1-8H3/b10-9+/t13-,14-,15+,16-,17-,18-,19+,21-,22+,23+,25+/m1/s1. The summed E-state index contributed by atoms with van der Waals surface area (Å²) in [5, 5.41) is 21.1. The molecule has 2 aliphatic rings. The maximum Gasteiger partial charge on any atom is 0.311 e. The lowest BCUT2D eigenvalue weighted by molar-refractivity contribution is -0.279. The van der Waals surface area contributed by atoms with Crippen molar-refractivity contribution in [2.45, 2.75) is 97.2 Å². The van der Waals surface area contributed by atoms with E-state index in [9.17, 15) is 19.8 Å². The number of ketones is 1. The molecule has 2 heterocycles. The van der Waals surface area contributed by atoms with Gasteiger partial charge in [0.1, 0.15) is 12.2 Å². The summed E-state index contributed by atoms with van der Waals surface area (Å²) in [5.74, 6) is -1.99. The third-order valence-electron chi connectivity index (χ3n) is 7.01. The second-order valence-electron chi connectivity index (χ2n) is 10.3. The summed E-state index contributed by atoms with van der Waals surface area (Å²) in [6.07, 6.45) is 0.131. The molecule has 2 N–H and O–H groups in total. The number of likely N-dealkylation sites (N-methyl/N-ethyl adjacent to an activating group) is 1. The van der Waals surface area contributed by atoms with Crippen LogP contribution in [0.4, 0.5) is 0 Å².